The number of esters is 2. The predicted molar refractivity (Wildman–Crippen MR) is 141 cm³/mol. The van der Waals surface area contributed by atoms with Crippen LogP contribution in [0.15, 0.2) is 78.9 Å². The van der Waals surface area contributed by atoms with Crippen molar-refractivity contribution in [3.05, 3.63) is 101 Å². The predicted octanol–water partition coefficient (Wildman–Crippen LogP) is 5.30. The second kappa shape index (κ2) is 13.3. The van der Waals surface area contributed by atoms with Crippen molar-refractivity contribution in [3.63, 3.8) is 0 Å². The molecule has 0 unspecified atom stereocenters. The molecule has 0 aliphatic rings. The highest BCUT2D eigenvalue weighted by Gasteiger charge is 2.21. The third-order valence-electron chi connectivity index (χ3n) is 5.46. The lowest BCUT2D eigenvalue weighted by molar-refractivity contribution is -0.147. The Labute approximate surface area is 224 Å². The number of rotatable bonds is 11. The topological polar surface area (TPSA) is 116 Å². The standard InChI is InChI=1S/C29H26ClNO7/c1-18(28(35)22-9-6-10-23(30)17-22)37-26(33)16-15-25(32)31-24-13-11-21(12-14-24)29(36)38-19(2)27(34)20-7-4-3-5-8-20/h3-14,17-19H,15-16H2,1-2H3,(H,31,32)/t18-,19+/m0/s1. The van der Waals surface area contributed by atoms with Crippen LogP contribution in [0.2, 0.25) is 5.02 Å². The lowest BCUT2D eigenvalue weighted by atomic mass is 10.1. The van der Waals surface area contributed by atoms with E-state index < -0.39 is 35.8 Å². The number of halogens is 1. The highest BCUT2D eigenvalue weighted by molar-refractivity contribution is 6.31. The lowest BCUT2D eigenvalue weighted by Crippen LogP contribution is -2.25. The smallest absolute Gasteiger partial charge is 0.338 e. The van der Waals surface area contributed by atoms with Crippen molar-refractivity contribution in [2.24, 2.45) is 0 Å². The van der Waals surface area contributed by atoms with Gasteiger partial charge in [0.1, 0.15) is 0 Å². The Kier molecular flexibility index (Phi) is 9.90. The van der Waals surface area contributed by atoms with Crippen molar-refractivity contribution < 1.29 is 33.4 Å². The first-order valence-electron chi connectivity index (χ1n) is 11.8. The summed E-state index contributed by atoms with van der Waals surface area (Å²) >= 11 is 5.89. The number of nitrogens with one attached hydrogen (secondary N) is 1. The Bertz CT molecular complexity index is 1320. The minimum Gasteiger partial charge on any atom is -0.454 e. The fraction of sp³-hybridized carbons (Fsp3) is 0.207. The number of anilines is 1. The first kappa shape index (κ1) is 28.3. The molecule has 3 aromatic rings. The van der Waals surface area contributed by atoms with Crippen molar-refractivity contribution >= 4 is 46.7 Å². The summed E-state index contributed by atoms with van der Waals surface area (Å²) in [5.41, 5.74) is 1.37. The van der Waals surface area contributed by atoms with E-state index in [1.165, 1.54) is 44.2 Å². The van der Waals surface area contributed by atoms with Crippen LogP contribution in [0.3, 0.4) is 0 Å². The summed E-state index contributed by atoms with van der Waals surface area (Å²) in [5.74, 6) is -2.54. The lowest BCUT2D eigenvalue weighted by Gasteiger charge is -2.13. The van der Waals surface area contributed by atoms with Gasteiger partial charge in [0.2, 0.25) is 17.5 Å². The molecule has 1 amide bonds. The van der Waals surface area contributed by atoms with Crippen molar-refractivity contribution in [1.82, 2.24) is 0 Å². The van der Waals surface area contributed by atoms with Crippen LogP contribution < -0.4 is 5.32 Å². The second-order valence-electron chi connectivity index (χ2n) is 8.41. The van der Waals surface area contributed by atoms with Crippen molar-refractivity contribution in [2.45, 2.75) is 38.9 Å². The van der Waals surface area contributed by atoms with Gasteiger partial charge in [-0.25, -0.2) is 4.79 Å². The van der Waals surface area contributed by atoms with Gasteiger partial charge in [-0.2, -0.15) is 0 Å². The van der Waals surface area contributed by atoms with Gasteiger partial charge in [-0.1, -0.05) is 54.1 Å². The van der Waals surface area contributed by atoms with Gasteiger partial charge in [-0.05, 0) is 50.2 Å². The Hall–Kier alpha value is -4.30. The summed E-state index contributed by atoms with van der Waals surface area (Å²) in [5, 5.41) is 3.01. The fourth-order valence-corrected chi connectivity index (χ4v) is 3.62. The summed E-state index contributed by atoms with van der Waals surface area (Å²) in [7, 11) is 0. The summed E-state index contributed by atoms with van der Waals surface area (Å²) in [6.45, 7) is 2.95. The van der Waals surface area contributed by atoms with E-state index in [1.54, 1.807) is 48.5 Å². The summed E-state index contributed by atoms with van der Waals surface area (Å²) < 4.78 is 10.4. The molecule has 196 valence electrons. The average molecular weight is 536 g/mol. The molecule has 0 saturated heterocycles. The van der Waals surface area contributed by atoms with E-state index in [4.69, 9.17) is 21.1 Å². The number of carbonyl (C=O) groups excluding carboxylic acids is 5. The fourth-order valence-electron chi connectivity index (χ4n) is 3.43. The molecule has 0 radical (unpaired) electrons. The molecule has 9 heteroatoms. The molecule has 0 aliphatic carbocycles. The highest BCUT2D eigenvalue weighted by atomic mass is 35.5. The van der Waals surface area contributed by atoms with Gasteiger partial charge in [0.05, 0.1) is 12.0 Å². The molecule has 1 N–H and O–H groups in total. The molecule has 2 atom stereocenters. The van der Waals surface area contributed by atoms with Crippen LogP contribution in [0.1, 0.15) is 57.8 Å². The van der Waals surface area contributed by atoms with E-state index in [1.807, 2.05) is 0 Å². The molecule has 0 aromatic heterocycles. The largest absolute Gasteiger partial charge is 0.454 e. The van der Waals surface area contributed by atoms with Crippen LogP contribution in [-0.2, 0) is 19.1 Å². The zero-order valence-electron chi connectivity index (χ0n) is 20.8. The van der Waals surface area contributed by atoms with E-state index in [-0.39, 0.29) is 24.2 Å². The van der Waals surface area contributed by atoms with Crippen LogP contribution in [0.5, 0.6) is 0 Å². The molecule has 3 rings (SSSR count). The number of hydrogen-bond acceptors (Lipinski definition) is 7. The molecular weight excluding hydrogens is 510 g/mol. The molecule has 38 heavy (non-hydrogen) atoms. The molecule has 0 bridgehead atoms. The van der Waals surface area contributed by atoms with Gasteiger partial charge in [0.25, 0.3) is 0 Å². The summed E-state index contributed by atoms with van der Waals surface area (Å²) in [6, 6.07) is 20.7. The van der Waals surface area contributed by atoms with Crippen LogP contribution in [0.4, 0.5) is 5.69 Å². The van der Waals surface area contributed by atoms with Crippen molar-refractivity contribution in [1.29, 1.82) is 0 Å². The number of benzene rings is 3. The minimum atomic E-state index is -1.03. The first-order valence-corrected chi connectivity index (χ1v) is 12.2. The quantitative estimate of drug-likeness (QED) is 0.261. The van der Waals surface area contributed by atoms with Crippen LogP contribution in [0.25, 0.3) is 0 Å². The molecule has 3 aromatic carbocycles. The Morgan fingerprint density at radius 2 is 1.32 bits per heavy atom. The van der Waals surface area contributed by atoms with Gasteiger partial charge >= 0.3 is 11.9 Å². The molecule has 0 aliphatic heterocycles. The Balaban J connectivity index is 1.44. The van der Waals surface area contributed by atoms with E-state index in [9.17, 15) is 24.0 Å². The van der Waals surface area contributed by atoms with Gasteiger partial charge in [-0.15, -0.1) is 0 Å². The normalized spacial score (nSPS) is 12.1. The van der Waals surface area contributed by atoms with Crippen molar-refractivity contribution in [2.75, 3.05) is 5.32 Å². The maximum atomic E-state index is 12.4. The number of carbonyl (C=O) groups is 5. The van der Waals surface area contributed by atoms with Gasteiger partial charge in [0.15, 0.2) is 12.2 Å². The van der Waals surface area contributed by atoms with E-state index >= 15 is 0 Å². The molecule has 0 spiro atoms. The average Bonchev–Trinajstić information content (AvgIpc) is 2.91. The summed E-state index contributed by atoms with van der Waals surface area (Å²) in [4.78, 5) is 61.5. The monoisotopic (exact) mass is 535 g/mol. The van der Waals surface area contributed by atoms with Crippen LogP contribution >= 0.6 is 11.6 Å². The van der Waals surface area contributed by atoms with Crippen LogP contribution in [-0.4, -0.2) is 41.6 Å². The second-order valence-corrected chi connectivity index (χ2v) is 8.85. The number of ketones is 2. The van der Waals surface area contributed by atoms with Crippen molar-refractivity contribution in [3.8, 4) is 0 Å². The molecule has 8 nitrogen and oxygen atoms in total. The maximum Gasteiger partial charge on any atom is 0.338 e. The zero-order valence-corrected chi connectivity index (χ0v) is 21.6. The zero-order chi connectivity index (χ0) is 27.7. The van der Waals surface area contributed by atoms with E-state index in [0.29, 0.717) is 21.8 Å². The number of hydrogen-bond donors (Lipinski definition) is 1. The Morgan fingerprint density at radius 3 is 1.97 bits per heavy atom. The molecule has 0 saturated carbocycles. The minimum absolute atomic E-state index is 0.167. The van der Waals surface area contributed by atoms with E-state index in [0.717, 1.165) is 0 Å². The molecule has 0 fully saturated rings. The third-order valence-corrected chi connectivity index (χ3v) is 5.69. The van der Waals surface area contributed by atoms with Gasteiger partial charge in [0, 0.05) is 28.3 Å². The number of Topliss-reactive ketones (excluding diaryl/α,β-unsaturated/α-hetero) is 2. The van der Waals surface area contributed by atoms with E-state index in [2.05, 4.69) is 5.32 Å². The highest BCUT2D eigenvalue weighted by Crippen LogP contribution is 2.16. The third kappa shape index (κ3) is 8.11. The molecule has 0 heterocycles. The van der Waals surface area contributed by atoms with Gasteiger partial charge in [-0.3, -0.25) is 19.2 Å². The van der Waals surface area contributed by atoms with Gasteiger partial charge < -0.3 is 14.8 Å². The number of amides is 1. The van der Waals surface area contributed by atoms with Crippen LogP contribution in [0, 0.1) is 0 Å². The first-order chi connectivity index (χ1) is 18.1. The summed E-state index contributed by atoms with van der Waals surface area (Å²) in [6.07, 6.45) is -2.38. The maximum absolute atomic E-state index is 12.4. The molecular formula is C29H26ClNO7. The SMILES string of the molecule is C[C@H](OC(=O)CCC(=O)Nc1ccc(C(=O)O[C@H](C)C(=O)c2ccccc2)cc1)C(=O)c1cccc(Cl)c1. The Morgan fingerprint density at radius 1 is 0.711 bits per heavy atom. The number of ether oxygens (including phenoxy) is 2.